The SMILES string of the molecule is [CH2]C(C)Oc1ccc(Cl)cc1Cl. The van der Waals surface area contributed by atoms with E-state index in [0.717, 1.165) is 0 Å². The lowest BCUT2D eigenvalue weighted by Crippen LogP contribution is -2.06. The predicted molar refractivity (Wildman–Crippen MR) is 51.9 cm³/mol. The lowest BCUT2D eigenvalue weighted by atomic mass is 10.3. The van der Waals surface area contributed by atoms with Gasteiger partial charge in [-0.05, 0) is 32.0 Å². The Morgan fingerprint density at radius 1 is 1.42 bits per heavy atom. The zero-order valence-corrected chi connectivity index (χ0v) is 8.19. The summed E-state index contributed by atoms with van der Waals surface area (Å²) in [6, 6.07) is 5.10. The molecule has 0 aliphatic rings. The highest BCUT2D eigenvalue weighted by molar-refractivity contribution is 6.35. The van der Waals surface area contributed by atoms with E-state index < -0.39 is 0 Å². The molecule has 1 aromatic carbocycles. The molecule has 1 nitrogen and oxygen atoms in total. The Bertz CT molecular complexity index is 271. The minimum atomic E-state index is -0.122. The monoisotopic (exact) mass is 203 g/mol. The summed E-state index contributed by atoms with van der Waals surface area (Å²) in [5, 5.41) is 1.11. The van der Waals surface area contributed by atoms with E-state index in [1.54, 1.807) is 18.2 Å². The van der Waals surface area contributed by atoms with Gasteiger partial charge in [-0.3, -0.25) is 0 Å². The highest BCUT2D eigenvalue weighted by Crippen LogP contribution is 2.27. The van der Waals surface area contributed by atoms with Crippen molar-refractivity contribution in [1.82, 2.24) is 0 Å². The van der Waals surface area contributed by atoms with E-state index in [4.69, 9.17) is 27.9 Å². The zero-order valence-electron chi connectivity index (χ0n) is 6.68. The van der Waals surface area contributed by atoms with Gasteiger partial charge in [-0.25, -0.2) is 0 Å². The van der Waals surface area contributed by atoms with Crippen molar-refractivity contribution in [2.75, 3.05) is 0 Å². The quantitative estimate of drug-likeness (QED) is 0.715. The highest BCUT2D eigenvalue weighted by atomic mass is 35.5. The van der Waals surface area contributed by atoms with E-state index in [1.165, 1.54) is 0 Å². The molecule has 0 aromatic heterocycles. The second-order valence-corrected chi connectivity index (χ2v) is 3.35. The van der Waals surface area contributed by atoms with E-state index in [2.05, 4.69) is 6.92 Å². The molecule has 12 heavy (non-hydrogen) atoms. The number of benzene rings is 1. The third-order valence-electron chi connectivity index (χ3n) is 1.22. The van der Waals surface area contributed by atoms with Crippen LogP contribution in [0.5, 0.6) is 5.75 Å². The van der Waals surface area contributed by atoms with Gasteiger partial charge in [0.05, 0.1) is 11.1 Å². The standard InChI is InChI=1S/C9H9Cl2O/c1-6(2)12-9-4-3-7(10)5-8(9)11/h3-6H,1H2,2H3. The zero-order chi connectivity index (χ0) is 9.14. The van der Waals surface area contributed by atoms with Gasteiger partial charge in [-0.1, -0.05) is 23.2 Å². The second kappa shape index (κ2) is 4.01. The van der Waals surface area contributed by atoms with Gasteiger partial charge < -0.3 is 4.74 Å². The molecule has 0 saturated heterocycles. The third-order valence-corrected chi connectivity index (χ3v) is 1.75. The predicted octanol–water partition coefficient (Wildman–Crippen LogP) is 3.59. The van der Waals surface area contributed by atoms with Crippen molar-refractivity contribution in [2.24, 2.45) is 0 Å². The van der Waals surface area contributed by atoms with Crippen LogP contribution in [0.2, 0.25) is 10.0 Å². The molecule has 0 N–H and O–H groups in total. The van der Waals surface area contributed by atoms with Crippen LogP contribution in [0.3, 0.4) is 0 Å². The molecule has 0 saturated carbocycles. The van der Waals surface area contributed by atoms with E-state index >= 15 is 0 Å². The first-order valence-corrected chi connectivity index (χ1v) is 4.30. The van der Waals surface area contributed by atoms with Gasteiger partial charge in [-0.15, -0.1) is 0 Å². The van der Waals surface area contributed by atoms with Crippen molar-refractivity contribution in [3.8, 4) is 5.75 Å². The summed E-state index contributed by atoms with van der Waals surface area (Å²) in [6.07, 6.45) is -0.122. The Hall–Kier alpha value is -0.400. The minimum Gasteiger partial charge on any atom is -0.489 e. The molecule has 0 aliphatic carbocycles. The summed E-state index contributed by atoms with van der Waals surface area (Å²) >= 11 is 11.5. The maximum absolute atomic E-state index is 5.84. The van der Waals surface area contributed by atoms with Crippen LogP contribution in [0.4, 0.5) is 0 Å². The number of hydrogen-bond donors (Lipinski definition) is 0. The average molecular weight is 204 g/mol. The molecule has 0 bridgehead atoms. The first-order chi connectivity index (χ1) is 5.59. The second-order valence-electron chi connectivity index (χ2n) is 2.50. The fourth-order valence-electron chi connectivity index (χ4n) is 0.788. The van der Waals surface area contributed by atoms with Crippen molar-refractivity contribution in [3.05, 3.63) is 35.2 Å². The smallest absolute Gasteiger partial charge is 0.138 e. The van der Waals surface area contributed by atoms with E-state index in [-0.39, 0.29) is 6.10 Å². The Morgan fingerprint density at radius 3 is 2.58 bits per heavy atom. The molecule has 0 spiro atoms. The Kier molecular flexibility index (Phi) is 3.24. The van der Waals surface area contributed by atoms with Crippen LogP contribution in [-0.2, 0) is 0 Å². The first kappa shape index (κ1) is 9.69. The molecule has 0 fully saturated rings. The molecule has 3 heteroatoms. The molecule has 0 amide bonds. The highest BCUT2D eigenvalue weighted by Gasteiger charge is 2.03. The van der Waals surface area contributed by atoms with Crippen LogP contribution < -0.4 is 4.74 Å². The first-order valence-electron chi connectivity index (χ1n) is 3.54. The molecule has 1 rings (SSSR count). The van der Waals surface area contributed by atoms with E-state index in [1.807, 2.05) is 6.92 Å². The fraction of sp³-hybridized carbons (Fsp3) is 0.222. The summed E-state index contributed by atoms with van der Waals surface area (Å²) in [4.78, 5) is 0. The summed E-state index contributed by atoms with van der Waals surface area (Å²) < 4.78 is 5.30. The van der Waals surface area contributed by atoms with Crippen molar-refractivity contribution >= 4 is 23.2 Å². The molecule has 0 aliphatic heterocycles. The van der Waals surface area contributed by atoms with Crippen LogP contribution in [0.15, 0.2) is 18.2 Å². The molecule has 1 aromatic rings. The molecule has 1 atom stereocenters. The van der Waals surface area contributed by atoms with Crippen molar-refractivity contribution in [1.29, 1.82) is 0 Å². The molecular weight excluding hydrogens is 195 g/mol. The van der Waals surface area contributed by atoms with Crippen molar-refractivity contribution in [2.45, 2.75) is 13.0 Å². The average Bonchev–Trinajstić information content (AvgIpc) is 1.94. The number of rotatable bonds is 2. The van der Waals surface area contributed by atoms with Crippen LogP contribution in [0, 0.1) is 6.92 Å². The van der Waals surface area contributed by atoms with Crippen molar-refractivity contribution < 1.29 is 4.74 Å². The lowest BCUT2D eigenvalue weighted by Gasteiger charge is -2.10. The van der Waals surface area contributed by atoms with Crippen LogP contribution in [0.1, 0.15) is 6.92 Å². The van der Waals surface area contributed by atoms with Gasteiger partial charge in [0, 0.05) is 5.02 Å². The maximum Gasteiger partial charge on any atom is 0.138 e. The lowest BCUT2D eigenvalue weighted by molar-refractivity contribution is 0.267. The molecule has 65 valence electrons. The van der Waals surface area contributed by atoms with E-state index in [9.17, 15) is 0 Å². The largest absolute Gasteiger partial charge is 0.489 e. The van der Waals surface area contributed by atoms with Gasteiger partial charge in [-0.2, -0.15) is 0 Å². The number of hydrogen-bond acceptors (Lipinski definition) is 1. The Labute approximate surface area is 82.2 Å². The van der Waals surface area contributed by atoms with Crippen LogP contribution >= 0.6 is 23.2 Å². The molecule has 0 heterocycles. The topological polar surface area (TPSA) is 9.23 Å². The summed E-state index contributed by atoms with van der Waals surface area (Å²) in [5.74, 6) is 0.614. The normalized spacial score (nSPS) is 10.4. The van der Waals surface area contributed by atoms with Gasteiger partial charge >= 0.3 is 0 Å². The van der Waals surface area contributed by atoms with Gasteiger partial charge in [0.25, 0.3) is 0 Å². The fourth-order valence-corrected chi connectivity index (χ4v) is 1.24. The summed E-state index contributed by atoms with van der Waals surface area (Å²) in [6.45, 7) is 5.52. The van der Waals surface area contributed by atoms with Crippen LogP contribution in [-0.4, -0.2) is 6.10 Å². The summed E-state index contributed by atoms with van der Waals surface area (Å²) in [5.41, 5.74) is 0. The number of ether oxygens (including phenoxy) is 1. The Morgan fingerprint density at radius 2 is 2.08 bits per heavy atom. The molecule has 1 radical (unpaired) electrons. The van der Waals surface area contributed by atoms with Gasteiger partial charge in [0.1, 0.15) is 5.75 Å². The van der Waals surface area contributed by atoms with Gasteiger partial charge in [0.2, 0.25) is 0 Å². The summed E-state index contributed by atoms with van der Waals surface area (Å²) in [7, 11) is 0. The molecular formula is C9H9Cl2O. The minimum absolute atomic E-state index is 0.122. The van der Waals surface area contributed by atoms with Gasteiger partial charge in [0.15, 0.2) is 0 Å². The third kappa shape index (κ3) is 2.58. The van der Waals surface area contributed by atoms with Crippen molar-refractivity contribution in [3.63, 3.8) is 0 Å². The maximum atomic E-state index is 5.84. The van der Waals surface area contributed by atoms with Crippen LogP contribution in [0.25, 0.3) is 0 Å². The van der Waals surface area contributed by atoms with E-state index in [0.29, 0.717) is 15.8 Å². The molecule has 1 unspecified atom stereocenters. The Balaban J connectivity index is 2.86. The number of halogens is 2.